The number of hydrogen-bond acceptors (Lipinski definition) is 5. The van der Waals surface area contributed by atoms with Crippen LogP contribution >= 0.6 is 23.2 Å². The van der Waals surface area contributed by atoms with Gasteiger partial charge in [0.05, 0.1) is 4.92 Å². The molecule has 8 heteroatoms. The van der Waals surface area contributed by atoms with Crippen molar-refractivity contribution in [3.63, 3.8) is 0 Å². The summed E-state index contributed by atoms with van der Waals surface area (Å²) in [6.07, 6.45) is 0. The summed E-state index contributed by atoms with van der Waals surface area (Å²) in [7, 11) is 0. The van der Waals surface area contributed by atoms with Crippen LogP contribution in [0.3, 0.4) is 0 Å². The molecule has 0 fully saturated rings. The lowest BCUT2D eigenvalue weighted by atomic mass is 10.3. The van der Waals surface area contributed by atoms with E-state index < -0.39 is 4.92 Å². The molecule has 0 aliphatic carbocycles. The highest BCUT2D eigenvalue weighted by molar-refractivity contribution is 6.30. The van der Waals surface area contributed by atoms with E-state index in [4.69, 9.17) is 27.9 Å². The first-order valence-corrected chi connectivity index (χ1v) is 5.85. The number of halogens is 2. The molecule has 0 saturated heterocycles. The van der Waals surface area contributed by atoms with E-state index in [1.54, 1.807) is 18.2 Å². The molecule has 0 N–H and O–H groups in total. The van der Waals surface area contributed by atoms with Crippen LogP contribution in [0.5, 0.6) is 11.6 Å². The summed E-state index contributed by atoms with van der Waals surface area (Å²) < 4.78 is 5.35. The SMILES string of the molecule is Cc1nc(Cl)nc(Oc2cccc(Cl)c2)c1[N+](=O)[O-]. The summed E-state index contributed by atoms with van der Waals surface area (Å²) in [5.41, 5.74) is -0.202. The second-order valence-corrected chi connectivity index (χ2v) is 4.32. The minimum Gasteiger partial charge on any atom is -0.434 e. The Morgan fingerprint density at radius 1 is 1.32 bits per heavy atom. The molecule has 0 radical (unpaired) electrons. The Bertz CT molecular complexity index is 649. The van der Waals surface area contributed by atoms with E-state index >= 15 is 0 Å². The number of ether oxygens (including phenoxy) is 1. The van der Waals surface area contributed by atoms with Gasteiger partial charge in [0.1, 0.15) is 11.4 Å². The lowest BCUT2D eigenvalue weighted by molar-refractivity contribution is -0.386. The fraction of sp³-hybridized carbons (Fsp3) is 0.0909. The van der Waals surface area contributed by atoms with Gasteiger partial charge in [0, 0.05) is 5.02 Å². The molecule has 0 atom stereocenters. The lowest BCUT2D eigenvalue weighted by Crippen LogP contribution is -2.01. The van der Waals surface area contributed by atoms with Crippen molar-refractivity contribution in [3.8, 4) is 11.6 Å². The second kappa shape index (κ2) is 5.38. The number of aromatic nitrogens is 2. The summed E-state index contributed by atoms with van der Waals surface area (Å²) in [5.74, 6) is 0.106. The van der Waals surface area contributed by atoms with Crippen LogP contribution in [-0.4, -0.2) is 14.9 Å². The number of nitro groups is 1. The van der Waals surface area contributed by atoms with Crippen LogP contribution in [0.1, 0.15) is 5.69 Å². The number of nitrogens with zero attached hydrogens (tertiary/aromatic N) is 3. The first kappa shape index (κ1) is 13.5. The highest BCUT2D eigenvalue weighted by Gasteiger charge is 2.23. The van der Waals surface area contributed by atoms with Crippen molar-refractivity contribution in [1.82, 2.24) is 9.97 Å². The number of hydrogen-bond donors (Lipinski definition) is 0. The van der Waals surface area contributed by atoms with E-state index in [1.165, 1.54) is 13.0 Å². The summed E-state index contributed by atoms with van der Waals surface area (Å²) in [4.78, 5) is 17.8. The predicted molar refractivity (Wildman–Crippen MR) is 70.0 cm³/mol. The maximum Gasteiger partial charge on any atom is 0.352 e. The Labute approximate surface area is 118 Å². The van der Waals surface area contributed by atoms with Crippen LogP contribution in [0.25, 0.3) is 0 Å². The molecular weight excluding hydrogens is 293 g/mol. The smallest absolute Gasteiger partial charge is 0.352 e. The van der Waals surface area contributed by atoms with Gasteiger partial charge in [-0.2, -0.15) is 4.98 Å². The molecule has 0 bridgehead atoms. The Hall–Kier alpha value is -1.92. The Morgan fingerprint density at radius 2 is 2.05 bits per heavy atom. The third-order valence-electron chi connectivity index (χ3n) is 2.19. The van der Waals surface area contributed by atoms with Crippen LogP contribution in [0.15, 0.2) is 24.3 Å². The molecule has 0 amide bonds. The van der Waals surface area contributed by atoms with Crippen LogP contribution in [0, 0.1) is 17.0 Å². The zero-order valence-electron chi connectivity index (χ0n) is 9.63. The second-order valence-electron chi connectivity index (χ2n) is 3.55. The molecular formula is C11H7Cl2N3O3. The Kier molecular flexibility index (Phi) is 3.82. The average molecular weight is 300 g/mol. The molecule has 1 aromatic carbocycles. The van der Waals surface area contributed by atoms with Gasteiger partial charge in [-0.1, -0.05) is 17.7 Å². The van der Waals surface area contributed by atoms with Gasteiger partial charge in [-0.15, -0.1) is 0 Å². The monoisotopic (exact) mass is 299 g/mol. The molecule has 1 aromatic heterocycles. The van der Waals surface area contributed by atoms with Crippen molar-refractivity contribution in [2.45, 2.75) is 6.92 Å². The fourth-order valence-electron chi connectivity index (χ4n) is 1.43. The number of aryl methyl sites for hydroxylation is 1. The zero-order chi connectivity index (χ0) is 14.0. The quantitative estimate of drug-likeness (QED) is 0.489. The number of benzene rings is 1. The highest BCUT2D eigenvalue weighted by atomic mass is 35.5. The van der Waals surface area contributed by atoms with Gasteiger partial charge in [0.15, 0.2) is 0 Å². The van der Waals surface area contributed by atoms with Crippen LogP contribution in [-0.2, 0) is 0 Å². The Balaban J connectivity index is 2.47. The van der Waals surface area contributed by atoms with Crippen LogP contribution in [0.4, 0.5) is 5.69 Å². The average Bonchev–Trinajstić information content (AvgIpc) is 2.26. The predicted octanol–water partition coefficient (Wildman–Crippen LogP) is 3.79. The minimum atomic E-state index is -0.620. The standard InChI is InChI=1S/C11H7Cl2N3O3/c1-6-9(16(17)18)10(15-11(13)14-6)19-8-4-2-3-7(12)5-8/h2-5H,1H3. The molecule has 2 rings (SSSR count). The molecule has 0 unspecified atom stereocenters. The van der Waals surface area contributed by atoms with Crippen LogP contribution in [0.2, 0.25) is 10.3 Å². The van der Waals surface area contributed by atoms with E-state index in [0.717, 1.165) is 0 Å². The largest absolute Gasteiger partial charge is 0.434 e. The van der Waals surface area contributed by atoms with E-state index in [1.807, 2.05) is 0 Å². The molecule has 6 nitrogen and oxygen atoms in total. The van der Waals surface area contributed by atoms with Crippen molar-refractivity contribution in [2.24, 2.45) is 0 Å². The topological polar surface area (TPSA) is 78.2 Å². The molecule has 1 heterocycles. The van der Waals surface area contributed by atoms with Crippen molar-refractivity contribution in [2.75, 3.05) is 0 Å². The van der Waals surface area contributed by atoms with Crippen molar-refractivity contribution in [1.29, 1.82) is 0 Å². The molecule has 0 aliphatic heterocycles. The van der Waals surface area contributed by atoms with Crippen molar-refractivity contribution < 1.29 is 9.66 Å². The third kappa shape index (κ3) is 3.10. The third-order valence-corrected chi connectivity index (χ3v) is 2.60. The first-order valence-electron chi connectivity index (χ1n) is 5.09. The maximum atomic E-state index is 11.0. The molecule has 2 aromatic rings. The van der Waals surface area contributed by atoms with Gasteiger partial charge in [0.2, 0.25) is 5.28 Å². The van der Waals surface area contributed by atoms with Crippen molar-refractivity contribution >= 4 is 28.9 Å². The first-order chi connectivity index (χ1) is 8.97. The fourth-order valence-corrected chi connectivity index (χ4v) is 1.82. The molecule has 0 spiro atoms. The summed E-state index contributed by atoms with van der Waals surface area (Å²) in [6.45, 7) is 1.45. The maximum absolute atomic E-state index is 11.0. The number of rotatable bonds is 3. The minimum absolute atomic E-state index is 0.125. The summed E-state index contributed by atoms with van der Waals surface area (Å²) in [5, 5.41) is 11.3. The van der Waals surface area contributed by atoms with Gasteiger partial charge in [0.25, 0.3) is 0 Å². The zero-order valence-corrected chi connectivity index (χ0v) is 11.1. The Morgan fingerprint density at radius 3 is 2.68 bits per heavy atom. The van der Waals surface area contributed by atoms with Gasteiger partial charge < -0.3 is 4.74 Å². The van der Waals surface area contributed by atoms with Gasteiger partial charge in [-0.25, -0.2) is 4.98 Å². The van der Waals surface area contributed by atoms with Crippen LogP contribution < -0.4 is 4.74 Å². The highest BCUT2D eigenvalue weighted by Crippen LogP contribution is 2.32. The molecule has 19 heavy (non-hydrogen) atoms. The van der Waals surface area contributed by atoms with E-state index in [-0.39, 0.29) is 22.5 Å². The summed E-state index contributed by atoms with van der Waals surface area (Å²) >= 11 is 11.5. The van der Waals surface area contributed by atoms with E-state index in [0.29, 0.717) is 10.8 Å². The normalized spacial score (nSPS) is 10.3. The molecule has 98 valence electrons. The van der Waals surface area contributed by atoms with E-state index in [9.17, 15) is 10.1 Å². The van der Waals surface area contributed by atoms with Crippen molar-refractivity contribution in [3.05, 3.63) is 50.4 Å². The van der Waals surface area contributed by atoms with Gasteiger partial charge in [-0.05, 0) is 36.7 Å². The summed E-state index contributed by atoms with van der Waals surface area (Å²) in [6, 6.07) is 6.41. The molecule has 0 saturated carbocycles. The molecule has 0 aliphatic rings. The van der Waals surface area contributed by atoms with Gasteiger partial charge in [-0.3, -0.25) is 10.1 Å². The van der Waals surface area contributed by atoms with E-state index in [2.05, 4.69) is 9.97 Å². The lowest BCUT2D eigenvalue weighted by Gasteiger charge is -2.06. The van der Waals surface area contributed by atoms with Gasteiger partial charge >= 0.3 is 11.6 Å².